The van der Waals surface area contributed by atoms with Crippen molar-refractivity contribution in [2.24, 2.45) is 5.92 Å². The summed E-state index contributed by atoms with van der Waals surface area (Å²) in [7, 11) is 0. The second-order valence-electron chi connectivity index (χ2n) is 9.06. The molecule has 1 amide bonds. The molecule has 2 fully saturated rings. The number of hydrogen-bond donors (Lipinski definition) is 1. The number of rotatable bonds is 8. The lowest BCUT2D eigenvalue weighted by Crippen LogP contribution is -2.25. The van der Waals surface area contributed by atoms with Gasteiger partial charge in [0.05, 0.1) is 25.4 Å². The average Bonchev–Trinajstić information content (AvgIpc) is 3.28. The molecule has 1 N–H and O–H groups in total. The van der Waals surface area contributed by atoms with Crippen molar-refractivity contribution < 1.29 is 19.0 Å². The molecule has 0 radical (unpaired) electrons. The Morgan fingerprint density at radius 3 is 2.56 bits per heavy atom. The monoisotopic (exact) mass is 438 g/mol. The van der Waals surface area contributed by atoms with E-state index in [2.05, 4.69) is 22.4 Å². The largest absolute Gasteiger partial charge is 0.490 e. The summed E-state index contributed by atoms with van der Waals surface area (Å²) in [4.78, 5) is 15.6. The van der Waals surface area contributed by atoms with Crippen LogP contribution in [0.15, 0.2) is 42.6 Å². The van der Waals surface area contributed by atoms with E-state index in [1.165, 1.54) is 12.5 Å². The second-order valence-corrected chi connectivity index (χ2v) is 9.06. The van der Waals surface area contributed by atoms with Gasteiger partial charge in [-0.3, -0.25) is 4.79 Å². The molecule has 0 bridgehead atoms. The van der Waals surface area contributed by atoms with Crippen molar-refractivity contribution >= 4 is 5.91 Å². The molecule has 1 aliphatic heterocycles. The molecule has 2 unspecified atom stereocenters. The van der Waals surface area contributed by atoms with Gasteiger partial charge in [0, 0.05) is 25.6 Å². The van der Waals surface area contributed by atoms with E-state index in [-0.39, 0.29) is 24.2 Å². The lowest BCUT2D eigenvalue weighted by Gasteiger charge is -2.29. The molecular weight excluding hydrogens is 404 g/mol. The molecule has 1 aromatic carbocycles. The summed E-state index contributed by atoms with van der Waals surface area (Å²) in [5, 5.41) is 2.91. The van der Waals surface area contributed by atoms with Crippen molar-refractivity contribution in [1.29, 1.82) is 0 Å². The molecule has 1 saturated carbocycles. The van der Waals surface area contributed by atoms with E-state index in [0.29, 0.717) is 18.4 Å². The fourth-order valence-corrected chi connectivity index (χ4v) is 4.62. The van der Waals surface area contributed by atoms with Gasteiger partial charge in [0.2, 0.25) is 11.8 Å². The second kappa shape index (κ2) is 10.8. The number of ether oxygens (including phenoxy) is 3. The first-order valence-corrected chi connectivity index (χ1v) is 11.8. The van der Waals surface area contributed by atoms with Crippen LogP contribution in [0.2, 0.25) is 0 Å². The van der Waals surface area contributed by atoms with E-state index < -0.39 is 0 Å². The lowest BCUT2D eigenvalue weighted by atomic mass is 9.83. The first-order chi connectivity index (χ1) is 15.5. The van der Waals surface area contributed by atoms with Gasteiger partial charge in [-0.1, -0.05) is 12.1 Å². The predicted octanol–water partition coefficient (Wildman–Crippen LogP) is 4.63. The van der Waals surface area contributed by atoms with Gasteiger partial charge in [0.15, 0.2) is 0 Å². The van der Waals surface area contributed by atoms with Crippen molar-refractivity contribution in [3.63, 3.8) is 0 Å². The standard InChI is InChI=1S/C26H34N2O4/c1-18(28-19(2)29)22-5-9-24(10-6-22)31-23-7-3-20(4-8-23)15-21-11-13-27-26(16-21)32-25-12-14-30-17-25/h5-6,9-11,13,16,18,20,23,25H,3-4,7-8,12,14-15,17H2,1-2H3,(H,28,29). The van der Waals surface area contributed by atoms with Crippen LogP contribution in [0.5, 0.6) is 11.6 Å². The highest BCUT2D eigenvalue weighted by molar-refractivity contribution is 5.73. The van der Waals surface area contributed by atoms with Gasteiger partial charge in [-0.25, -0.2) is 4.98 Å². The molecule has 32 heavy (non-hydrogen) atoms. The van der Waals surface area contributed by atoms with E-state index in [9.17, 15) is 4.79 Å². The summed E-state index contributed by atoms with van der Waals surface area (Å²) in [6.45, 7) is 4.96. The molecule has 4 rings (SSSR count). The van der Waals surface area contributed by atoms with Crippen LogP contribution in [0.3, 0.4) is 0 Å². The molecule has 172 valence electrons. The van der Waals surface area contributed by atoms with Crippen molar-refractivity contribution in [2.75, 3.05) is 13.2 Å². The SMILES string of the molecule is CC(=O)NC(C)c1ccc(OC2CCC(Cc3ccnc(OC4CCOC4)c3)CC2)cc1. The minimum Gasteiger partial charge on any atom is -0.490 e. The van der Waals surface area contributed by atoms with Gasteiger partial charge in [0.1, 0.15) is 11.9 Å². The third-order valence-electron chi connectivity index (χ3n) is 6.40. The highest BCUT2D eigenvalue weighted by Crippen LogP contribution is 2.31. The highest BCUT2D eigenvalue weighted by atomic mass is 16.5. The van der Waals surface area contributed by atoms with Crippen molar-refractivity contribution in [1.82, 2.24) is 10.3 Å². The number of hydrogen-bond acceptors (Lipinski definition) is 5. The van der Waals surface area contributed by atoms with Gasteiger partial charge < -0.3 is 19.5 Å². The van der Waals surface area contributed by atoms with E-state index >= 15 is 0 Å². The topological polar surface area (TPSA) is 69.7 Å². The smallest absolute Gasteiger partial charge is 0.217 e. The Morgan fingerprint density at radius 1 is 1.09 bits per heavy atom. The van der Waals surface area contributed by atoms with E-state index in [1.807, 2.05) is 37.4 Å². The number of nitrogens with one attached hydrogen (secondary N) is 1. The summed E-state index contributed by atoms with van der Waals surface area (Å²) in [5.41, 5.74) is 2.37. The molecule has 2 aliphatic rings. The Morgan fingerprint density at radius 2 is 1.88 bits per heavy atom. The van der Waals surface area contributed by atoms with Crippen LogP contribution >= 0.6 is 0 Å². The third-order valence-corrected chi connectivity index (χ3v) is 6.40. The maximum Gasteiger partial charge on any atom is 0.217 e. The van der Waals surface area contributed by atoms with Crippen LogP contribution in [0.1, 0.15) is 63.1 Å². The first kappa shape index (κ1) is 22.6. The predicted molar refractivity (Wildman–Crippen MR) is 123 cm³/mol. The summed E-state index contributed by atoms with van der Waals surface area (Å²) >= 11 is 0. The van der Waals surface area contributed by atoms with Crippen molar-refractivity contribution in [3.05, 3.63) is 53.7 Å². The van der Waals surface area contributed by atoms with Crippen molar-refractivity contribution in [2.45, 2.75) is 70.6 Å². The van der Waals surface area contributed by atoms with Crippen LogP contribution < -0.4 is 14.8 Å². The van der Waals surface area contributed by atoms with Gasteiger partial charge in [-0.05, 0) is 74.3 Å². The molecule has 1 saturated heterocycles. The minimum absolute atomic E-state index is 0.00240. The number of carbonyl (C=O) groups is 1. The van der Waals surface area contributed by atoms with Crippen LogP contribution in [0.25, 0.3) is 0 Å². The number of carbonyl (C=O) groups excluding carboxylic acids is 1. The normalized spacial score (nSPS) is 24.0. The quantitative estimate of drug-likeness (QED) is 0.651. The Bertz CT molecular complexity index is 872. The van der Waals surface area contributed by atoms with Crippen LogP contribution in [0.4, 0.5) is 0 Å². The zero-order valence-corrected chi connectivity index (χ0v) is 19.1. The summed E-state index contributed by atoms with van der Waals surface area (Å²) < 4.78 is 17.6. The fraction of sp³-hybridized carbons (Fsp3) is 0.538. The lowest BCUT2D eigenvalue weighted by molar-refractivity contribution is -0.119. The molecule has 2 atom stereocenters. The molecule has 0 spiro atoms. The fourth-order valence-electron chi connectivity index (χ4n) is 4.62. The molecule has 6 nitrogen and oxygen atoms in total. The zero-order chi connectivity index (χ0) is 22.3. The Hall–Kier alpha value is -2.60. The Kier molecular flexibility index (Phi) is 7.63. The number of amides is 1. The van der Waals surface area contributed by atoms with E-state index in [1.54, 1.807) is 0 Å². The van der Waals surface area contributed by atoms with Crippen LogP contribution in [-0.4, -0.2) is 36.3 Å². The van der Waals surface area contributed by atoms with Crippen molar-refractivity contribution in [3.8, 4) is 11.6 Å². The van der Waals surface area contributed by atoms with Gasteiger partial charge in [-0.2, -0.15) is 0 Å². The first-order valence-electron chi connectivity index (χ1n) is 11.8. The van der Waals surface area contributed by atoms with Gasteiger partial charge >= 0.3 is 0 Å². The maximum absolute atomic E-state index is 11.2. The molecular formula is C26H34N2O4. The van der Waals surface area contributed by atoms with Gasteiger partial charge in [-0.15, -0.1) is 0 Å². The molecule has 1 aromatic heterocycles. The number of pyridine rings is 1. The zero-order valence-electron chi connectivity index (χ0n) is 19.1. The molecule has 6 heteroatoms. The summed E-state index contributed by atoms with van der Waals surface area (Å²) in [6.07, 6.45) is 8.72. The number of benzene rings is 1. The van der Waals surface area contributed by atoms with Crippen LogP contribution in [-0.2, 0) is 16.0 Å². The van der Waals surface area contributed by atoms with E-state index in [4.69, 9.17) is 14.2 Å². The van der Waals surface area contributed by atoms with Gasteiger partial charge in [0.25, 0.3) is 0 Å². The summed E-state index contributed by atoms with van der Waals surface area (Å²) in [5.74, 6) is 2.26. The number of nitrogens with zero attached hydrogens (tertiary/aromatic N) is 1. The molecule has 2 aromatic rings. The maximum atomic E-state index is 11.2. The highest BCUT2D eigenvalue weighted by Gasteiger charge is 2.23. The molecule has 1 aliphatic carbocycles. The van der Waals surface area contributed by atoms with Crippen LogP contribution in [0, 0.1) is 5.92 Å². The number of aromatic nitrogens is 1. The Labute approximate surface area is 190 Å². The minimum atomic E-state index is -0.0199. The molecule has 2 heterocycles. The van der Waals surface area contributed by atoms with E-state index in [0.717, 1.165) is 56.4 Å². The average molecular weight is 439 g/mol. The third kappa shape index (κ3) is 6.45. The Balaban J connectivity index is 1.22. The summed E-state index contributed by atoms with van der Waals surface area (Å²) in [6, 6.07) is 12.3.